The highest BCUT2D eigenvalue weighted by molar-refractivity contribution is 5.91. The van der Waals surface area contributed by atoms with Crippen LogP contribution in [0.2, 0.25) is 0 Å². The minimum absolute atomic E-state index is 0.0179. The molecule has 1 heterocycles. The van der Waals surface area contributed by atoms with E-state index in [2.05, 4.69) is 4.90 Å². The van der Waals surface area contributed by atoms with E-state index in [4.69, 9.17) is 5.73 Å². The Bertz CT molecular complexity index is 1370. The Hall–Kier alpha value is -4.34. The largest absolute Gasteiger partial charge is 0.332 e. The summed E-state index contributed by atoms with van der Waals surface area (Å²) in [5.41, 5.74) is 8.68. The number of ketones is 1. The van der Waals surface area contributed by atoms with Crippen molar-refractivity contribution in [2.45, 2.75) is 45.3 Å². The van der Waals surface area contributed by atoms with Crippen LogP contribution in [0.3, 0.4) is 0 Å². The van der Waals surface area contributed by atoms with Gasteiger partial charge in [-0.15, -0.1) is 0 Å². The average molecular weight is 612 g/mol. The van der Waals surface area contributed by atoms with Gasteiger partial charge in [0.15, 0.2) is 5.78 Å². The Balaban J connectivity index is 1.62. The SMILES string of the molecule is NCCCN1CC(=O)N(Cc2ccccc2)CC(=O)N(Cc2ccccc2)CC(=O)CCCCN(Cc2ccccc2)CC1=O. The fourth-order valence-electron chi connectivity index (χ4n) is 5.47. The Morgan fingerprint density at radius 2 is 1.00 bits per heavy atom. The molecular formula is C36H45N5O4. The van der Waals surface area contributed by atoms with E-state index in [1.807, 2.05) is 91.0 Å². The van der Waals surface area contributed by atoms with Crippen LogP contribution in [0, 0.1) is 0 Å². The molecule has 3 aromatic rings. The van der Waals surface area contributed by atoms with Gasteiger partial charge in [0.1, 0.15) is 6.54 Å². The first-order chi connectivity index (χ1) is 21.9. The second-order valence-electron chi connectivity index (χ2n) is 11.6. The Morgan fingerprint density at radius 1 is 0.533 bits per heavy atom. The highest BCUT2D eigenvalue weighted by Crippen LogP contribution is 2.13. The third-order valence-corrected chi connectivity index (χ3v) is 7.93. The van der Waals surface area contributed by atoms with Crippen LogP contribution in [0.4, 0.5) is 0 Å². The van der Waals surface area contributed by atoms with E-state index in [1.54, 1.807) is 9.80 Å². The number of rotatable bonds is 9. The normalized spacial score (nSPS) is 16.8. The number of carbonyl (C=O) groups is 4. The zero-order valence-electron chi connectivity index (χ0n) is 26.1. The predicted molar refractivity (Wildman–Crippen MR) is 175 cm³/mol. The third kappa shape index (κ3) is 11.3. The van der Waals surface area contributed by atoms with E-state index < -0.39 is 0 Å². The minimum atomic E-state index is -0.328. The molecule has 0 bridgehead atoms. The first-order valence-corrected chi connectivity index (χ1v) is 15.8. The summed E-state index contributed by atoms with van der Waals surface area (Å²) >= 11 is 0. The number of nitrogens with two attached hydrogens (primary N) is 1. The number of amides is 3. The van der Waals surface area contributed by atoms with Gasteiger partial charge in [-0.25, -0.2) is 0 Å². The lowest BCUT2D eigenvalue weighted by molar-refractivity contribution is -0.146. The van der Waals surface area contributed by atoms with Crippen LogP contribution < -0.4 is 5.73 Å². The van der Waals surface area contributed by atoms with Gasteiger partial charge in [-0.05, 0) is 49.0 Å². The number of nitrogens with zero attached hydrogens (tertiary/aromatic N) is 4. The summed E-state index contributed by atoms with van der Waals surface area (Å²) in [5, 5.41) is 0. The van der Waals surface area contributed by atoms with Crippen LogP contribution in [-0.4, -0.2) is 88.9 Å². The van der Waals surface area contributed by atoms with Crippen molar-refractivity contribution in [3.8, 4) is 0 Å². The molecule has 1 saturated heterocycles. The first kappa shape index (κ1) is 33.6. The summed E-state index contributed by atoms with van der Waals surface area (Å²) in [6, 6.07) is 29.0. The van der Waals surface area contributed by atoms with E-state index in [9.17, 15) is 19.2 Å². The van der Waals surface area contributed by atoms with Crippen LogP contribution in [0.1, 0.15) is 42.4 Å². The van der Waals surface area contributed by atoms with Crippen molar-refractivity contribution in [1.29, 1.82) is 0 Å². The van der Waals surface area contributed by atoms with E-state index in [1.165, 1.54) is 4.90 Å². The van der Waals surface area contributed by atoms with Crippen LogP contribution in [-0.2, 0) is 38.8 Å². The summed E-state index contributed by atoms with van der Waals surface area (Å²) in [7, 11) is 0. The second-order valence-corrected chi connectivity index (χ2v) is 11.6. The van der Waals surface area contributed by atoms with E-state index in [0.717, 1.165) is 23.1 Å². The molecule has 0 atom stereocenters. The molecule has 1 fully saturated rings. The fraction of sp³-hybridized carbons (Fsp3) is 0.389. The maximum absolute atomic E-state index is 13.9. The minimum Gasteiger partial charge on any atom is -0.332 e. The number of hydrogen-bond acceptors (Lipinski definition) is 6. The number of benzene rings is 3. The highest BCUT2D eigenvalue weighted by Gasteiger charge is 2.27. The van der Waals surface area contributed by atoms with Gasteiger partial charge in [0, 0.05) is 32.6 Å². The molecule has 4 rings (SSSR count). The molecule has 9 nitrogen and oxygen atoms in total. The van der Waals surface area contributed by atoms with Gasteiger partial charge in [-0.2, -0.15) is 0 Å². The van der Waals surface area contributed by atoms with Crippen LogP contribution in [0.15, 0.2) is 91.0 Å². The molecule has 0 aromatic heterocycles. The van der Waals surface area contributed by atoms with Crippen molar-refractivity contribution in [2.24, 2.45) is 5.73 Å². The molecule has 45 heavy (non-hydrogen) atoms. The molecule has 0 aliphatic carbocycles. The molecule has 0 radical (unpaired) electrons. The molecule has 1 aliphatic rings. The van der Waals surface area contributed by atoms with Crippen molar-refractivity contribution in [3.63, 3.8) is 0 Å². The quantitative estimate of drug-likeness (QED) is 0.397. The maximum atomic E-state index is 13.9. The summed E-state index contributed by atoms with van der Waals surface area (Å²) in [6.45, 7) is 2.19. The second kappa shape index (κ2) is 17.8. The van der Waals surface area contributed by atoms with E-state index >= 15 is 0 Å². The van der Waals surface area contributed by atoms with Crippen LogP contribution in [0.25, 0.3) is 0 Å². The number of carbonyl (C=O) groups excluding carboxylic acids is 4. The van der Waals surface area contributed by atoms with Gasteiger partial charge in [0.2, 0.25) is 17.7 Å². The molecule has 0 unspecified atom stereocenters. The molecular weight excluding hydrogens is 566 g/mol. The molecule has 3 aromatic carbocycles. The molecule has 2 N–H and O–H groups in total. The molecule has 1 aliphatic heterocycles. The third-order valence-electron chi connectivity index (χ3n) is 7.93. The van der Waals surface area contributed by atoms with Crippen molar-refractivity contribution >= 4 is 23.5 Å². The zero-order chi connectivity index (χ0) is 31.9. The fourth-order valence-corrected chi connectivity index (χ4v) is 5.47. The maximum Gasteiger partial charge on any atom is 0.242 e. The van der Waals surface area contributed by atoms with E-state index in [0.29, 0.717) is 45.4 Å². The Morgan fingerprint density at radius 3 is 1.53 bits per heavy atom. The number of Topliss-reactive ketones (excluding diaryl/α,β-unsaturated/α-hetero) is 1. The lowest BCUT2D eigenvalue weighted by Gasteiger charge is -2.31. The Kier molecular flexibility index (Phi) is 13.3. The molecule has 0 spiro atoms. The lowest BCUT2D eigenvalue weighted by atomic mass is 10.1. The van der Waals surface area contributed by atoms with Crippen molar-refractivity contribution in [3.05, 3.63) is 108 Å². The molecule has 238 valence electrons. The van der Waals surface area contributed by atoms with Gasteiger partial charge >= 0.3 is 0 Å². The van der Waals surface area contributed by atoms with Gasteiger partial charge < -0.3 is 20.4 Å². The summed E-state index contributed by atoms with van der Waals surface area (Å²) in [4.78, 5) is 61.4. The zero-order valence-corrected chi connectivity index (χ0v) is 26.1. The Labute approximate surface area is 266 Å². The lowest BCUT2D eigenvalue weighted by Crippen LogP contribution is -2.49. The molecule has 0 saturated carbocycles. The number of hydrogen-bond donors (Lipinski definition) is 1. The smallest absolute Gasteiger partial charge is 0.242 e. The molecule has 3 amide bonds. The average Bonchev–Trinajstić information content (AvgIpc) is 3.05. The monoisotopic (exact) mass is 611 g/mol. The van der Waals surface area contributed by atoms with Crippen LogP contribution >= 0.6 is 0 Å². The van der Waals surface area contributed by atoms with Crippen molar-refractivity contribution in [2.75, 3.05) is 45.8 Å². The van der Waals surface area contributed by atoms with Crippen LogP contribution in [0.5, 0.6) is 0 Å². The highest BCUT2D eigenvalue weighted by atomic mass is 16.2. The summed E-state index contributed by atoms with van der Waals surface area (Å²) in [5.74, 6) is -0.818. The van der Waals surface area contributed by atoms with E-state index in [-0.39, 0.29) is 62.8 Å². The first-order valence-electron chi connectivity index (χ1n) is 15.8. The van der Waals surface area contributed by atoms with Crippen molar-refractivity contribution in [1.82, 2.24) is 19.6 Å². The topological polar surface area (TPSA) is 107 Å². The van der Waals surface area contributed by atoms with Gasteiger partial charge in [-0.3, -0.25) is 24.1 Å². The summed E-state index contributed by atoms with van der Waals surface area (Å²) < 4.78 is 0. The van der Waals surface area contributed by atoms with Gasteiger partial charge in [-0.1, -0.05) is 91.0 Å². The summed E-state index contributed by atoms with van der Waals surface area (Å²) in [6.07, 6.45) is 2.27. The van der Waals surface area contributed by atoms with Crippen molar-refractivity contribution < 1.29 is 19.2 Å². The van der Waals surface area contributed by atoms with Gasteiger partial charge in [0.05, 0.1) is 19.6 Å². The predicted octanol–water partition coefficient (Wildman–Crippen LogP) is 3.48. The molecule has 9 heteroatoms. The van der Waals surface area contributed by atoms with Gasteiger partial charge in [0.25, 0.3) is 0 Å². The standard InChI is InChI=1S/C36H45N5O4/c37-20-12-22-39-28-35(44)41(25-32-17-8-3-9-18-32)29-36(45)40(24-31-15-6-2-7-16-31)26-33(42)19-10-11-21-38(27-34(39)43)23-30-13-4-1-5-14-30/h1-9,13-18H,10-12,19-29,37H2.